The summed E-state index contributed by atoms with van der Waals surface area (Å²) in [4.78, 5) is 3.89. The normalized spacial score (nSPS) is 15.3. The summed E-state index contributed by atoms with van der Waals surface area (Å²) in [7, 11) is -3.32. The van der Waals surface area contributed by atoms with Crippen molar-refractivity contribution in [1.29, 1.82) is 0 Å². The summed E-state index contributed by atoms with van der Waals surface area (Å²) >= 11 is 5.80. The Kier molecular flexibility index (Phi) is 5.56. The number of pyridine rings is 1. The number of sulfonamides is 1. The van der Waals surface area contributed by atoms with E-state index < -0.39 is 15.6 Å². The molecule has 6 heteroatoms. The average Bonchev–Trinajstić information content (AvgIpc) is 2.37. The number of alkyl halides is 1. The van der Waals surface area contributed by atoms with Crippen LogP contribution in [-0.2, 0) is 16.4 Å². The Bertz CT molecular complexity index is 458. The molecular formula is C12H19ClN2O2S. The summed E-state index contributed by atoms with van der Waals surface area (Å²) in [5, 5.41) is 0. The molecule has 18 heavy (non-hydrogen) atoms. The molecule has 4 nitrogen and oxygen atoms in total. The topological polar surface area (TPSA) is 59.1 Å². The molecule has 0 saturated carbocycles. The van der Waals surface area contributed by atoms with Gasteiger partial charge in [-0.1, -0.05) is 6.92 Å². The zero-order valence-electron chi connectivity index (χ0n) is 10.7. The third-order valence-electron chi connectivity index (χ3n) is 2.89. The van der Waals surface area contributed by atoms with Crippen LogP contribution in [0.2, 0.25) is 0 Å². The summed E-state index contributed by atoms with van der Waals surface area (Å²) in [6.07, 6.45) is 4.44. The largest absolute Gasteiger partial charge is 0.265 e. The highest BCUT2D eigenvalue weighted by molar-refractivity contribution is 7.89. The van der Waals surface area contributed by atoms with Crippen molar-refractivity contribution in [2.75, 3.05) is 11.6 Å². The van der Waals surface area contributed by atoms with E-state index >= 15 is 0 Å². The molecule has 0 spiro atoms. The Hall–Kier alpha value is -0.650. The third-order valence-corrected chi connectivity index (χ3v) is 5.02. The minimum Gasteiger partial charge on any atom is -0.265 e. The van der Waals surface area contributed by atoms with E-state index in [4.69, 9.17) is 11.6 Å². The number of hydrogen-bond acceptors (Lipinski definition) is 3. The second kappa shape index (κ2) is 6.50. The zero-order valence-corrected chi connectivity index (χ0v) is 12.3. The number of nitrogens with zero attached hydrogens (tertiary/aromatic N) is 1. The van der Waals surface area contributed by atoms with Crippen molar-refractivity contribution in [1.82, 2.24) is 9.71 Å². The molecule has 0 aliphatic heterocycles. The minimum absolute atomic E-state index is 0.0590. The lowest BCUT2D eigenvalue weighted by Gasteiger charge is -2.26. The van der Waals surface area contributed by atoms with E-state index in [1.54, 1.807) is 12.4 Å². The van der Waals surface area contributed by atoms with Crippen molar-refractivity contribution in [2.45, 2.75) is 32.2 Å². The van der Waals surface area contributed by atoms with Crippen LogP contribution in [0.15, 0.2) is 24.5 Å². The van der Waals surface area contributed by atoms with Gasteiger partial charge in [0.25, 0.3) is 0 Å². The van der Waals surface area contributed by atoms with Gasteiger partial charge in [0.2, 0.25) is 10.0 Å². The molecule has 0 fully saturated rings. The first-order valence-electron chi connectivity index (χ1n) is 5.87. The molecule has 102 valence electrons. The summed E-state index contributed by atoms with van der Waals surface area (Å²) in [6, 6.07) is 3.63. The molecule has 1 atom stereocenters. The predicted molar refractivity (Wildman–Crippen MR) is 74.3 cm³/mol. The van der Waals surface area contributed by atoms with Crippen molar-refractivity contribution in [3.63, 3.8) is 0 Å². The monoisotopic (exact) mass is 290 g/mol. The molecule has 0 saturated heterocycles. The second-order valence-corrected chi connectivity index (χ2v) is 6.68. The fourth-order valence-electron chi connectivity index (χ4n) is 1.42. The Morgan fingerprint density at radius 3 is 2.50 bits per heavy atom. The van der Waals surface area contributed by atoms with Crippen molar-refractivity contribution in [2.24, 2.45) is 0 Å². The molecular weight excluding hydrogens is 272 g/mol. The summed E-state index contributed by atoms with van der Waals surface area (Å²) in [6.45, 7) is 3.72. The number of rotatable bonds is 7. The first kappa shape index (κ1) is 15.4. The third kappa shape index (κ3) is 4.92. The van der Waals surface area contributed by atoms with Crippen LogP contribution in [-0.4, -0.2) is 30.6 Å². The maximum atomic E-state index is 12.0. The van der Waals surface area contributed by atoms with Gasteiger partial charge >= 0.3 is 0 Å². The van der Waals surface area contributed by atoms with Gasteiger partial charge in [-0.25, -0.2) is 13.1 Å². The lowest BCUT2D eigenvalue weighted by Crippen LogP contribution is -2.48. The number of halogens is 1. The summed E-state index contributed by atoms with van der Waals surface area (Å²) in [5.41, 5.74) is 0.387. The first-order valence-corrected chi connectivity index (χ1v) is 8.06. The van der Waals surface area contributed by atoms with Crippen LogP contribution in [0.3, 0.4) is 0 Å². The van der Waals surface area contributed by atoms with Crippen LogP contribution in [0.25, 0.3) is 0 Å². The molecule has 0 bridgehead atoms. The molecule has 1 aromatic rings. The highest BCUT2D eigenvalue weighted by Crippen LogP contribution is 2.13. The van der Waals surface area contributed by atoms with Crippen LogP contribution in [0.4, 0.5) is 0 Å². The molecule has 0 aliphatic carbocycles. The minimum atomic E-state index is -3.32. The zero-order chi connectivity index (χ0) is 13.6. The molecule has 1 unspecified atom stereocenters. The van der Waals surface area contributed by atoms with E-state index in [0.717, 1.165) is 5.56 Å². The van der Waals surface area contributed by atoms with Gasteiger partial charge < -0.3 is 0 Å². The lowest BCUT2D eigenvalue weighted by molar-refractivity contribution is 0.444. The maximum absolute atomic E-state index is 12.0. The van der Waals surface area contributed by atoms with Gasteiger partial charge in [-0.05, 0) is 37.5 Å². The van der Waals surface area contributed by atoms with Crippen LogP contribution in [0.1, 0.15) is 25.8 Å². The van der Waals surface area contributed by atoms with Crippen molar-refractivity contribution >= 4 is 21.6 Å². The molecule has 1 aromatic heterocycles. The van der Waals surface area contributed by atoms with E-state index in [1.807, 2.05) is 26.0 Å². The Labute approximate surface area is 114 Å². The van der Waals surface area contributed by atoms with E-state index in [0.29, 0.717) is 12.8 Å². The average molecular weight is 291 g/mol. The van der Waals surface area contributed by atoms with Gasteiger partial charge in [-0.15, -0.1) is 11.6 Å². The molecule has 0 radical (unpaired) electrons. The van der Waals surface area contributed by atoms with Crippen LogP contribution >= 0.6 is 11.6 Å². The number of hydrogen-bond donors (Lipinski definition) is 1. The van der Waals surface area contributed by atoms with Crippen molar-refractivity contribution < 1.29 is 8.42 Å². The standard InChI is InChI=1S/C12H19ClN2O2S/c1-3-12(2,10-13)15-18(16,17)9-6-11-4-7-14-8-5-11/h4-5,7-8,15H,3,6,9-10H2,1-2H3. The quantitative estimate of drug-likeness (QED) is 0.781. The summed E-state index contributed by atoms with van der Waals surface area (Å²) < 4.78 is 26.6. The van der Waals surface area contributed by atoms with Crippen LogP contribution < -0.4 is 4.72 Å². The fourth-order valence-corrected chi connectivity index (χ4v) is 3.33. The fraction of sp³-hybridized carbons (Fsp3) is 0.583. The van der Waals surface area contributed by atoms with E-state index in [2.05, 4.69) is 9.71 Å². The molecule has 0 aliphatic rings. The van der Waals surface area contributed by atoms with Gasteiger partial charge in [0.15, 0.2) is 0 Å². The Morgan fingerprint density at radius 1 is 1.39 bits per heavy atom. The molecule has 1 rings (SSSR count). The maximum Gasteiger partial charge on any atom is 0.212 e. The number of aryl methyl sites for hydroxylation is 1. The van der Waals surface area contributed by atoms with Crippen molar-refractivity contribution in [3.05, 3.63) is 30.1 Å². The Morgan fingerprint density at radius 2 is 2.00 bits per heavy atom. The molecule has 1 N–H and O–H groups in total. The number of nitrogens with one attached hydrogen (secondary N) is 1. The SMILES string of the molecule is CCC(C)(CCl)NS(=O)(=O)CCc1ccncc1. The number of aromatic nitrogens is 1. The second-order valence-electron chi connectivity index (χ2n) is 4.57. The van der Waals surface area contributed by atoms with Gasteiger partial charge in [0.1, 0.15) is 0 Å². The molecule has 1 heterocycles. The van der Waals surface area contributed by atoms with Gasteiger partial charge in [-0.3, -0.25) is 4.98 Å². The van der Waals surface area contributed by atoms with E-state index in [-0.39, 0.29) is 11.6 Å². The molecule has 0 aromatic carbocycles. The highest BCUT2D eigenvalue weighted by atomic mass is 35.5. The van der Waals surface area contributed by atoms with Crippen LogP contribution in [0.5, 0.6) is 0 Å². The smallest absolute Gasteiger partial charge is 0.212 e. The van der Waals surface area contributed by atoms with Gasteiger partial charge in [-0.2, -0.15) is 0 Å². The van der Waals surface area contributed by atoms with E-state index in [9.17, 15) is 8.42 Å². The van der Waals surface area contributed by atoms with Gasteiger partial charge in [0, 0.05) is 23.8 Å². The highest BCUT2D eigenvalue weighted by Gasteiger charge is 2.26. The lowest BCUT2D eigenvalue weighted by atomic mass is 10.0. The Balaban J connectivity index is 2.61. The van der Waals surface area contributed by atoms with E-state index in [1.165, 1.54) is 0 Å². The van der Waals surface area contributed by atoms with Crippen molar-refractivity contribution in [3.8, 4) is 0 Å². The predicted octanol–water partition coefficient (Wildman–Crippen LogP) is 1.95. The first-order chi connectivity index (χ1) is 8.41. The van der Waals surface area contributed by atoms with Crippen LogP contribution in [0, 0.1) is 0 Å². The van der Waals surface area contributed by atoms with Gasteiger partial charge in [0.05, 0.1) is 5.75 Å². The summed E-state index contributed by atoms with van der Waals surface area (Å²) in [5.74, 6) is 0.321. The molecule has 0 amide bonds.